The SMILES string of the molecule is Brc1ccc2c(c1)c1c(-c3ccc(-n4c5ccccc5c5cc(-c6ccc7c8ccccc8n(-c8ccccc8)c7c6)ccc54)cc3)nc(-c3ccc(-n4c5ccccc5c5cc(-c6ccc7c8ccccc8n(-c8ccccc8)c7c6)ccc54)cc3)nc1n2-c1ccccc1. The Morgan fingerprint density at radius 2 is 0.531 bits per heavy atom. The van der Waals surface area contributed by atoms with Gasteiger partial charge in [0.2, 0.25) is 0 Å². The van der Waals surface area contributed by atoms with Crippen LogP contribution in [0.25, 0.3) is 182 Å². The van der Waals surface area contributed by atoms with Crippen molar-refractivity contribution in [2.45, 2.75) is 0 Å². The summed E-state index contributed by atoms with van der Waals surface area (Å²) in [5.41, 5.74) is 24.1. The lowest BCUT2D eigenvalue weighted by atomic mass is 10.0. The summed E-state index contributed by atoms with van der Waals surface area (Å²) in [6, 6.07) is 119. The fourth-order valence-corrected chi connectivity index (χ4v) is 15.8. The van der Waals surface area contributed by atoms with Gasteiger partial charge in [-0.2, -0.15) is 0 Å². The number of rotatable bonds is 9. The third-order valence-corrected chi connectivity index (χ3v) is 20.2. The highest BCUT2D eigenvalue weighted by molar-refractivity contribution is 9.10. The topological polar surface area (TPSA) is 50.4 Å². The Labute approximate surface area is 559 Å². The fourth-order valence-electron chi connectivity index (χ4n) is 15.5. The number of nitrogens with zero attached hydrogens (tertiary/aromatic N) is 7. The summed E-state index contributed by atoms with van der Waals surface area (Å²) in [6.07, 6.45) is 0. The first-order chi connectivity index (χ1) is 47.5. The Balaban J connectivity index is 0.696. The number of hydrogen-bond donors (Lipinski definition) is 0. The van der Waals surface area contributed by atoms with Crippen LogP contribution in [0, 0.1) is 0 Å². The van der Waals surface area contributed by atoms with E-state index in [1.165, 1.54) is 87.4 Å². The van der Waals surface area contributed by atoms with Crippen LogP contribution in [0.4, 0.5) is 0 Å². The van der Waals surface area contributed by atoms with Crippen LogP contribution in [0.2, 0.25) is 0 Å². The van der Waals surface area contributed by atoms with Crippen LogP contribution in [0.15, 0.2) is 332 Å². The van der Waals surface area contributed by atoms with Crippen LogP contribution in [-0.4, -0.2) is 32.8 Å². The van der Waals surface area contributed by atoms with Gasteiger partial charge in [0.1, 0.15) is 5.65 Å². The van der Waals surface area contributed by atoms with Crippen LogP contribution in [0.5, 0.6) is 0 Å². The standard InChI is InChI=1S/C88H54BrN7/c89-61-40-49-82-75(54-61)85-86(55-32-41-65(42-33-55)92-78-30-16-12-26-69(78)73-50-57(38-47-80(73)92)59-36-45-71-67-24-10-14-28-76(67)94(83(71)52-59)62-18-4-1-5-19-62)90-87(91-88(85)96(82)64-22-8-3-9-23-64)56-34-43-66(44-35-56)93-79-31-17-13-27-70(79)74-51-58(39-48-81(74)93)60-37-46-72-68-25-11-15-29-77(68)95(84(72)53-60)63-20-6-2-7-21-63/h1-54H. The second kappa shape index (κ2) is 21.3. The Kier molecular flexibility index (Phi) is 12.1. The summed E-state index contributed by atoms with van der Waals surface area (Å²) in [7, 11) is 0. The first-order valence-corrected chi connectivity index (χ1v) is 33.4. The molecule has 0 saturated carbocycles. The molecule has 0 bridgehead atoms. The van der Waals surface area contributed by atoms with Gasteiger partial charge in [-0.15, -0.1) is 0 Å². The van der Waals surface area contributed by atoms with E-state index in [1.54, 1.807) is 0 Å². The van der Waals surface area contributed by atoms with E-state index in [1.807, 2.05) is 0 Å². The number of halogens is 1. The van der Waals surface area contributed by atoms with Crippen molar-refractivity contribution in [1.82, 2.24) is 32.8 Å². The molecule has 0 amide bonds. The van der Waals surface area contributed by atoms with Crippen LogP contribution >= 0.6 is 15.9 Å². The van der Waals surface area contributed by atoms with Gasteiger partial charge in [-0.05, 0) is 174 Å². The zero-order chi connectivity index (χ0) is 63.1. The molecular weight excluding hydrogens is 1230 g/mol. The van der Waals surface area contributed by atoms with Crippen LogP contribution in [-0.2, 0) is 0 Å². The second-order valence-corrected chi connectivity index (χ2v) is 25.9. The molecule has 0 fully saturated rings. The van der Waals surface area contributed by atoms with Gasteiger partial charge in [-0.1, -0.05) is 192 Å². The number of benzene rings is 14. The third-order valence-electron chi connectivity index (χ3n) is 19.8. The van der Waals surface area contributed by atoms with Gasteiger partial charge in [0.15, 0.2) is 5.82 Å². The molecule has 0 aliphatic heterocycles. The smallest absolute Gasteiger partial charge is 0.162 e. The van der Waals surface area contributed by atoms with E-state index in [-0.39, 0.29) is 0 Å². The summed E-state index contributed by atoms with van der Waals surface area (Å²) in [4.78, 5) is 11.2. The normalized spacial score (nSPS) is 12.0. The maximum Gasteiger partial charge on any atom is 0.162 e. The number of hydrogen-bond acceptors (Lipinski definition) is 2. The largest absolute Gasteiger partial charge is 0.309 e. The molecule has 6 aromatic heterocycles. The molecule has 0 radical (unpaired) electrons. The van der Waals surface area contributed by atoms with Crippen molar-refractivity contribution in [2.24, 2.45) is 0 Å². The van der Waals surface area contributed by atoms with Crippen LogP contribution in [0.1, 0.15) is 0 Å². The first-order valence-electron chi connectivity index (χ1n) is 32.6. The number of aromatic nitrogens is 7. The number of para-hydroxylation sites is 7. The molecule has 20 aromatic rings. The summed E-state index contributed by atoms with van der Waals surface area (Å²) in [5, 5.41) is 11.8. The van der Waals surface area contributed by atoms with E-state index in [4.69, 9.17) is 9.97 Å². The quantitative estimate of drug-likeness (QED) is 0.145. The van der Waals surface area contributed by atoms with Crippen molar-refractivity contribution < 1.29 is 0 Å². The average Bonchev–Trinajstić information content (AvgIpc) is 1.58. The molecule has 7 nitrogen and oxygen atoms in total. The van der Waals surface area contributed by atoms with Crippen LogP contribution in [0.3, 0.4) is 0 Å². The Morgan fingerprint density at radius 1 is 0.208 bits per heavy atom. The van der Waals surface area contributed by atoms with E-state index in [0.29, 0.717) is 5.82 Å². The van der Waals surface area contributed by atoms with Gasteiger partial charge in [-0.3, -0.25) is 4.57 Å². The zero-order valence-electron chi connectivity index (χ0n) is 51.7. The molecule has 8 heteroatoms. The van der Waals surface area contributed by atoms with Gasteiger partial charge in [0.05, 0.1) is 60.7 Å². The minimum atomic E-state index is 0.640. The molecule has 96 heavy (non-hydrogen) atoms. The molecule has 0 atom stereocenters. The molecule has 6 heterocycles. The van der Waals surface area contributed by atoms with Gasteiger partial charge < -0.3 is 18.3 Å². The minimum Gasteiger partial charge on any atom is -0.309 e. The summed E-state index contributed by atoms with van der Waals surface area (Å²) in [5.74, 6) is 0.640. The van der Waals surface area contributed by atoms with Crippen molar-refractivity contribution in [3.05, 3.63) is 332 Å². The summed E-state index contributed by atoms with van der Waals surface area (Å²) in [6.45, 7) is 0. The Morgan fingerprint density at radius 3 is 1.00 bits per heavy atom. The maximum absolute atomic E-state index is 5.64. The highest BCUT2D eigenvalue weighted by Crippen LogP contribution is 2.44. The molecule has 20 rings (SSSR count). The van der Waals surface area contributed by atoms with Gasteiger partial charge >= 0.3 is 0 Å². The van der Waals surface area contributed by atoms with E-state index in [0.717, 1.165) is 93.7 Å². The first kappa shape index (κ1) is 54.2. The molecule has 14 aromatic carbocycles. The molecule has 0 saturated heterocycles. The van der Waals surface area contributed by atoms with Crippen molar-refractivity contribution in [2.75, 3.05) is 0 Å². The van der Waals surface area contributed by atoms with Crippen LogP contribution < -0.4 is 0 Å². The lowest BCUT2D eigenvalue weighted by molar-refractivity contribution is 1.11. The van der Waals surface area contributed by atoms with Gasteiger partial charge in [0, 0.05) is 92.5 Å². The monoisotopic (exact) mass is 1290 g/mol. The molecule has 448 valence electrons. The lowest BCUT2D eigenvalue weighted by Gasteiger charge is -2.13. The van der Waals surface area contributed by atoms with Crippen molar-refractivity contribution in [3.63, 3.8) is 0 Å². The molecule has 0 unspecified atom stereocenters. The Hall–Kier alpha value is -12.4. The van der Waals surface area contributed by atoms with E-state index in [2.05, 4.69) is 366 Å². The molecule has 0 spiro atoms. The maximum atomic E-state index is 5.64. The average molecular weight is 1290 g/mol. The summed E-state index contributed by atoms with van der Waals surface area (Å²) >= 11 is 3.87. The molecular formula is C88H54BrN7. The Bertz CT molecular complexity index is 6550. The lowest BCUT2D eigenvalue weighted by Crippen LogP contribution is -2.00. The zero-order valence-corrected chi connectivity index (χ0v) is 53.3. The number of fused-ring (bicyclic) bond motifs is 15. The second-order valence-electron chi connectivity index (χ2n) is 25.0. The van der Waals surface area contributed by atoms with Gasteiger partial charge in [0.25, 0.3) is 0 Å². The molecule has 0 aliphatic rings. The van der Waals surface area contributed by atoms with E-state index < -0.39 is 0 Å². The predicted octanol–water partition coefficient (Wildman–Crippen LogP) is 23.4. The van der Waals surface area contributed by atoms with E-state index in [9.17, 15) is 0 Å². The third kappa shape index (κ3) is 8.32. The van der Waals surface area contributed by atoms with Crippen molar-refractivity contribution in [1.29, 1.82) is 0 Å². The summed E-state index contributed by atoms with van der Waals surface area (Å²) < 4.78 is 12.8. The predicted molar refractivity (Wildman–Crippen MR) is 403 cm³/mol. The highest BCUT2D eigenvalue weighted by atomic mass is 79.9. The van der Waals surface area contributed by atoms with E-state index >= 15 is 0 Å². The minimum absolute atomic E-state index is 0.640. The molecule has 0 N–H and O–H groups in total. The van der Waals surface area contributed by atoms with Crippen molar-refractivity contribution in [3.8, 4) is 73.3 Å². The molecule has 0 aliphatic carbocycles. The fraction of sp³-hybridized carbons (Fsp3) is 0. The highest BCUT2D eigenvalue weighted by Gasteiger charge is 2.24. The van der Waals surface area contributed by atoms with Crippen molar-refractivity contribution >= 4 is 125 Å². The van der Waals surface area contributed by atoms with Gasteiger partial charge in [-0.25, -0.2) is 9.97 Å².